The summed E-state index contributed by atoms with van der Waals surface area (Å²) in [4.78, 5) is 50.0. The summed E-state index contributed by atoms with van der Waals surface area (Å²) in [7, 11) is 0. The summed E-state index contributed by atoms with van der Waals surface area (Å²) in [6, 6.07) is 9.51. The van der Waals surface area contributed by atoms with E-state index in [1.165, 1.54) is 35.6 Å². The van der Waals surface area contributed by atoms with Gasteiger partial charge in [-0.05, 0) is 43.3 Å². The Hall–Kier alpha value is -2.80. The van der Waals surface area contributed by atoms with Crippen LogP contribution in [0.2, 0.25) is 0 Å². The minimum atomic E-state index is -0.632. The summed E-state index contributed by atoms with van der Waals surface area (Å²) in [5, 5.41) is 0. The van der Waals surface area contributed by atoms with Gasteiger partial charge < -0.3 is 4.74 Å². The van der Waals surface area contributed by atoms with Crippen LogP contribution in [0.4, 0.5) is 5.69 Å². The number of hydrogen-bond donors (Lipinski definition) is 0. The Morgan fingerprint density at radius 1 is 1.04 bits per heavy atom. The van der Waals surface area contributed by atoms with E-state index in [2.05, 4.69) is 0 Å². The standard InChI is InChI=1S/C18H15NO5S/c1-11-2-7-15(25-11)14(20)10-24-18(23)12-3-5-13(6-4-12)19-16(21)8-9-17(19)22/h2-7H,8-10H2,1H3. The molecule has 1 saturated heterocycles. The molecule has 1 aliphatic heterocycles. The fourth-order valence-corrected chi connectivity index (χ4v) is 3.27. The van der Waals surface area contributed by atoms with Gasteiger partial charge in [-0.1, -0.05) is 0 Å². The van der Waals surface area contributed by atoms with Crippen LogP contribution in [0.1, 0.15) is 37.7 Å². The van der Waals surface area contributed by atoms with Gasteiger partial charge in [-0.2, -0.15) is 0 Å². The number of ether oxygens (including phenoxy) is 1. The second-order valence-corrected chi connectivity index (χ2v) is 6.87. The van der Waals surface area contributed by atoms with Crippen LogP contribution in [0, 0.1) is 6.92 Å². The summed E-state index contributed by atoms with van der Waals surface area (Å²) in [5.41, 5.74) is 0.673. The van der Waals surface area contributed by atoms with Crippen molar-refractivity contribution in [3.8, 4) is 0 Å². The average Bonchev–Trinajstić information content (AvgIpc) is 3.18. The molecule has 0 saturated carbocycles. The monoisotopic (exact) mass is 357 g/mol. The molecular formula is C18H15NO5S. The molecule has 1 aliphatic rings. The number of rotatable bonds is 5. The maximum Gasteiger partial charge on any atom is 0.338 e. The molecule has 0 bridgehead atoms. The molecule has 25 heavy (non-hydrogen) atoms. The zero-order chi connectivity index (χ0) is 18.0. The van der Waals surface area contributed by atoms with Gasteiger partial charge in [0.05, 0.1) is 16.1 Å². The van der Waals surface area contributed by atoms with Crippen molar-refractivity contribution in [3.05, 3.63) is 51.7 Å². The molecular weight excluding hydrogens is 342 g/mol. The highest BCUT2D eigenvalue weighted by molar-refractivity contribution is 7.14. The number of carbonyl (C=O) groups excluding carboxylic acids is 4. The molecule has 128 valence electrons. The quantitative estimate of drug-likeness (QED) is 0.467. The van der Waals surface area contributed by atoms with Gasteiger partial charge >= 0.3 is 5.97 Å². The molecule has 1 aromatic carbocycles. The third-order valence-corrected chi connectivity index (χ3v) is 4.80. The summed E-state index contributed by atoms with van der Waals surface area (Å²) >= 11 is 1.35. The third kappa shape index (κ3) is 3.66. The number of benzene rings is 1. The van der Waals surface area contributed by atoms with Crippen LogP contribution >= 0.6 is 11.3 Å². The lowest BCUT2D eigenvalue weighted by Crippen LogP contribution is -2.28. The number of carbonyl (C=O) groups is 4. The Morgan fingerprint density at radius 3 is 2.24 bits per heavy atom. The highest BCUT2D eigenvalue weighted by Gasteiger charge is 2.30. The Morgan fingerprint density at radius 2 is 1.68 bits per heavy atom. The Kier molecular flexibility index (Phi) is 4.76. The molecule has 2 heterocycles. The number of thiophene rings is 1. The number of nitrogens with zero attached hydrogens (tertiary/aromatic N) is 1. The van der Waals surface area contributed by atoms with Gasteiger partial charge in [-0.3, -0.25) is 19.3 Å². The minimum Gasteiger partial charge on any atom is -0.454 e. The Bertz CT molecular complexity index is 837. The van der Waals surface area contributed by atoms with Gasteiger partial charge in [0.15, 0.2) is 6.61 Å². The van der Waals surface area contributed by atoms with Crippen LogP contribution in [0.5, 0.6) is 0 Å². The van der Waals surface area contributed by atoms with E-state index in [9.17, 15) is 19.2 Å². The lowest BCUT2D eigenvalue weighted by atomic mass is 10.2. The summed E-state index contributed by atoms with van der Waals surface area (Å²) in [6.45, 7) is 1.56. The minimum absolute atomic E-state index is 0.201. The van der Waals surface area contributed by atoms with Crippen molar-refractivity contribution in [1.82, 2.24) is 0 Å². The van der Waals surface area contributed by atoms with E-state index >= 15 is 0 Å². The van der Waals surface area contributed by atoms with Gasteiger partial charge in [0.1, 0.15) is 0 Å². The van der Waals surface area contributed by atoms with Gasteiger partial charge in [0.25, 0.3) is 0 Å². The topological polar surface area (TPSA) is 80.8 Å². The molecule has 0 aliphatic carbocycles. The van der Waals surface area contributed by atoms with Crippen LogP contribution in [-0.4, -0.2) is 30.2 Å². The predicted octanol–water partition coefficient (Wildman–Crippen LogP) is 2.75. The summed E-state index contributed by atoms with van der Waals surface area (Å²) in [6.07, 6.45) is 0.403. The van der Waals surface area contributed by atoms with E-state index in [1.54, 1.807) is 6.07 Å². The zero-order valence-corrected chi connectivity index (χ0v) is 14.3. The first-order chi connectivity index (χ1) is 12.0. The SMILES string of the molecule is Cc1ccc(C(=O)COC(=O)c2ccc(N3C(=O)CCC3=O)cc2)s1. The first-order valence-electron chi connectivity index (χ1n) is 7.68. The number of imide groups is 1. The van der Waals surface area contributed by atoms with E-state index < -0.39 is 5.97 Å². The maximum atomic E-state index is 12.0. The molecule has 7 heteroatoms. The fourth-order valence-electron chi connectivity index (χ4n) is 2.48. The number of esters is 1. The first kappa shape index (κ1) is 17.0. The molecule has 2 aromatic rings. The van der Waals surface area contributed by atoms with Crippen LogP contribution in [0.3, 0.4) is 0 Å². The largest absolute Gasteiger partial charge is 0.454 e. The number of amides is 2. The molecule has 0 unspecified atom stereocenters. The smallest absolute Gasteiger partial charge is 0.338 e. The Labute approximate surface area is 148 Å². The lowest BCUT2D eigenvalue weighted by molar-refractivity contribution is -0.121. The molecule has 0 N–H and O–H groups in total. The lowest BCUT2D eigenvalue weighted by Gasteiger charge is -2.13. The van der Waals surface area contributed by atoms with E-state index in [0.717, 1.165) is 9.78 Å². The maximum absolute atomic E-state index is 12.0. The van der Waals surface area contributed by atoms with Crippen LogP contribution in [0.25, 0.3) is 0 Å². The molecule has 2 amide bonds. The molecule has 0 atom stereocenters. The van der Waals surface area contributed by atoms with Crippen molar-refractivity contribution in [2.24, 2.45) is 0 Å². The second-order valence-electron chi connectivity index (χ2n) is 5.58. The van der Waals surface area contributed by atoms with Gasteiger partial charge in [-0.25, -0.2) is 4.79 Å². The van der Waals surface area contributed by atoms with Gasteiger partial charge in [0, 0.05) is 17.7 Å². The van der Waals surface area contributed by atoms with Crippen LogP contribution < -0.4 is 4.90 Å². The van der Waals surface area contributed by atoms with Crippen molar-refractivity contribution in [3.63, 3.8) is 0 Å². The summed E-state index contributed by atoms with van der Waals surface area (Å²) < 4.78 is 5.03. The highest BCUT2D eigenvalue weighted by Crippen LogP contribution is 2.23. The molecule has 3 rings (SSSR count). The van der Waals surface area contributed by atoms with Crippen molar-refractivity contribution in [1.29, 1.82) is 0 Å². The van der Waals surface area contributed by atoms with Crippen molar-refractivity contribution < 1.29 is 23.9 Å². The number of Topliss-reactive ketones (excluding diaryl/α,β-unsaturated/α-hetero) is 1. The van der Waals surface area contributed by atoms with E-state index in [1.807, 2.05) is 13.0 Å². The van der Waals surface area contributed by atoms with Crippen molar-refractivity contribution >= 4 is 40.6 Å². The molecule has 6 nitrogen and oxygen atoms in total. The Balaban J connectivity index is 1.62. The number of ketones is 1. The van der Waals surface area contributed by atoms with Crippen molar-refractivity contribution in [2.75, 3.05) is 11.5 Å². The normalized spacial score (nSPS) is 14.0. The van der Waals surface area contributed by atoms with Crippen LogP contribution in [-0.2, 0) is 14.3 Å². The average molecular weight is 357 g/mol. The number of hydrogen-bond acceptors (Lipinski definition) is 6. The van der Waals surface area contributed by atoms with E-state index in [4.69, 9.17) is 4.74 Å². The molecule has 1 aromatic heterocycles. The fraction of sp³-hybridized carbons (Fsp3) is 0.222. The summed E-state index contributed by atoms with van der Waals surface area (Å²) in [5.74, 6) is -1.39. The molecule has 0 radical (unpaired) electrons. The van der Waals surface area contributed by atoms with E-state index in [0.29, 0.717) is 10.6 Å². The van der Waals surface area contributed by atoms with Gasteiger partial charge in [-0.15, -0.1) is 11.3 Å². The number of aryl methyl sites for hydroxylation is 1. The third-order valence-electron chi connectivity index (χ3n) is 3.76. The highest BCUT2D eigenvalue weighted by atomic mass is 32.1. The molecule has 0 spiro atoms. The first-order valence-corrected chi connectivity index (χ1v) is 8.50. The molecule has 1 fully saturated rings. The van der Waals surface area contributed by atoms with E-state index in [-0.39, 0.29) is 42.6 Å². The predicted molar refractivity (Wildman–Crippen MR) is 91.8 cm³/mol. The van der Waals surface area contributed by atoms with Crippen molar-refractivity contribution in [2.45, 2.75) is 19.8 Å². The van der Waals surface area contributed by atoms with Crippen LogP contribution in [0.15, 0.2) is 36.4 Å². The zero-order valence-electron chi connectivity index (χ0n) is 13.5. The van der Waals surface area contributed by atoms with Gasteiger partial charge in [0.2, 0.25) is 17.6 Å². The number of anilines is 1. The second kappa shape index (κ2) is 6.98.